The summed E-state index contributed by atoms with van der Waals surface area (Å²) in [5, 5.41) is 0. The zero-order chi connectivity index (χ0) is 11.4. The number of nitrogens with one attached hydrogen (secondary N) is 2. The van der Waals surface area contributed by atoms with Crippen molar-refractivity contribution in [1.29, 1.82) is 0 Å². The molecule has 0 saturated carbocycles. The van der Waals surface area contributed by atoms with Gasteiger partial charge in [0.1, 0.15) is 0 Å². The molecule has 0 amide bonds. The molecule has 0 aliphatic carbocycles. The van der Waals surface area contributed by atoms with E-state index < -0.39 is 6.87 Å². The Kier molecular flexibility index (Phi) is 6.21. The molecule has 0 heterocycles. The van der Waals surface area contributed by atoms with E-state index in [1.807, 2.05) is 27.7 Å². The summed E-state index contributed by atoms with van der Waals surface area (Å²) in [7, 11) is 1.31. The predicted octanol–water partition coefficient (Wildman–Crippen LogP) is 2.11. The molecule has 0 aliphatic heterocycles. The minimum Gasteiger partial charge on any atom is -0.308 e. The number of rotatable bonds is 6. The molecule has 14 heavy (non-hydrogen) atoms. The Hall–Kier alpha value is 0.360. The second-order valence-corrected chi connectivity index (χ2v) is 6.46. The van der Waals surface area contributed by atoms with Crippen molar-refractivity contribution in [3.63, 3.8) is 0 Å². The zero-order valence-electron chi connectivity index (χ0n) is 9.24. The van der Waals surface area contributed by atoms with Gasteiger partial charge in [-0.3, -0.25) is 4.57 Å². The molecule has 0 spiro atoms. The van der Waals surface area contributed by atoms with Gasteiger partial charge in [-0.25, -0.2) is 10.9 Å². The fourth-order valence-corrected chi connectivity index (χ4v) is 1.91. The van der Waals surface area contributed by atoms with Gasteiger partial charge in [0, 0.05) is 19.2 Å². The largest absolute Gasteiger partial charge is 0.389 e. The van der Waals surface area contributed by atoms with Crippen LogP contribution in [0.15, 0.2) is 0 Å². The highest BCUT2D eigenvalue weighted by molar-refractivity contribution is 7.83. The van der Waals surface area contributed by atoms with Gasteiger partial charge < -0.3 is 4.52 Å². The van der Waals surface area contributed by atoms with Crippen molar-refractivity contribution >= 4 is 18.1 Å². The van der Waals surface area contributed by atoms with Crippen LogP contribution in [-0.2, 0) is 9.09 Å². The lowest BCUT2D eigenvalue weighted by atomic mass is 10.4. The fourth-order valence-electron chi connectivity index (χ4n) is 0.746. The Bertz CT molecular complexity index is 203. The molecule has 1 unspecified atom stereocenters. The molecule has 7 heteroatoms. The molecule has 2 N–H and O–H groups in total. The van der Waals surface area contributed by atoms with Crippen LogP contribution >= 0.6 is 18.1 Å². The predicted molar refractivity (Wildman–Crippen MR) is 58.9 cm³/mol. The monoisotopic (exact) mass is 243 g/mol. The van der Waals surface area contributed by atoms with Gasteiger partial charge in [0.25, 0.3) is 0 Å². The van der Waals surface area contributed by atoms with E-state index in [1.165, 1.54) is 12.0 Å². The average molecular weight is 244 g/mol. The molecule has 0 radical (unpaired) electrons. The number of halogens is 1. The van der Waals surface area contributed by atoms with Gasteiger partial charge in [-0.15, -0.1) is 0 Å². The highest BCUT2D eigenvalue weighted by atomic mass is 35.7. The zero-order valence-corrected chi connectivity index (χ0v) is 10.9. The van der Waals surface area contributed by atoms with E-state index in [4.69, 9.17) is 15.8 Å². The minimum absolute atomic E-state index is 0.114. The molecule has 0 aliphatic rings. The summed E-state index contributed by atoms with van der Waals surface area (Å²) in [6.07, 6.45) is 0. The molecule has 86 valence electrons. The van der Waals surface area contributed by atoms with Crippen LogP contribution in [0.1, 0.15) is 27.7 Å². The van der Waals surface area contributed by atoms with Crippen LogP contribution in [-0.4, -0.2) is 24.1 Å². The van der Waals surface area contributed by atoms with Crippen LogP contribution in [0.4, 0.5) is 0 Å². The molecule has 1 atom stereocenters. The summed E-state index contributed by atoms with van der Waals surface area (Å²) in [6.45, 7) is 4.36. The van der Waals surface area contributed by atoms with E-state index >= 15 is 0 Å². The average Bonchev–Trinajstić information content (AvgIpc) is 2.01. The van der Waals surface area contributed by atoms with E-state index in [1.54, 1.807) is 0 Å². The van der Waals surface area contributed by atoms with Crippen molar-refractivity contribution in [1.82, 2.24) is 15.7 Å². The Balaban J connectivity index is 4.46. The van der Waals surface area contributed by atoms with Gasteiger partial charge in [0.2, 0.25) is 0 Å². The van der Waals surface area contributed by atoms with Crippen LogP contribution in [0.25, 0.3) is 0 Å². The molecule has 0 rings (SSSR count). The summed E-state index contributed by atoms with van der Waals surface area (Å²) in [5.41, 5.74) is 5.81. The van der Waals surface area contributed by atoms with Gasteiger partial charge >= 0.3 is 6.87 Å². The first-order valence-corrected chi connectivity index (χ1v) is 6.96. The number of nitrogens with zero attached hydrogens (tertiary/aromatic N) is 1. The number of hydrogen-bond donors (Lipinski definition) is 2. The topological polar surface area (TPSA) is 53.6 Å². The smallest absolute Gasteiger partial charge is 0.308 e. The molecule has 5 nitrogen and oxygen atoms in total. The van der Waals surface area contributed by atoms with Gasteiger partial charge in [-0.1, -0.05) is 4.89 Å². The first-order chi connectivity index (χ1) is 6.29. The van der Waals surface area contributed by atoms with E-state index in [9.17, 15) is 4.57 Å². The van der Waals surface area contributed by atoms with Crippen molar-refractivity contribution in [2.45, 2.75) is 39.8 Å². The maximum absolute atomic E-state index is 11.7. The second-order valence-electron chi connectivity index (χ2n) is 3.51. The Morgan fingerprint density at radius 2 is 1.57 bits per heavy atom. The van der Waals surface area contributed by atoms with Crippen molar-refractivity contribution in [3.05, 3.63) is 0 Å². The normalized spacial score (nSPS) is 16.6. The fraction of sp³-hybridized carbons (Fsp3) is 1.00. The Labute approximate surface area is 90.4 Å². The van der Waals surface area contributed by atoms with Gasteiger partial charge in [0.15, 0.2) is 0 Å². The first-order valence-electron chi connectivity index (χ1n) is 4.48. The lowest BCUT2D eigenvalue weighted by Gasteiger charge is -2.29. The van der Waals surface area contributed by atoms with Crippen molar-refractivity contribution in [2.24, 2.45) is 0 Å². The SMILES string of the molecule is COP(=O)(Cl)N(NC(C)C)NC(C)C. The van der Waals surface area contributed by atoms with Crippen molar-refractivity contribution in [3.8, 4) is 0 Å². The second kappa shape index (κ2) is 6.05. The van der Waals surface area contributed by atoms with E-state index in [0.717, 1.165) is 0 Å². The molecule has 0 fully saturated rings. The Morgan fingerprint density at radius 3 is 1.79 bits per heavy atom. The molecule has 0 aromatic heterocycles. The molecular weight excluding hydrogens is 225 g/mol. The maximum Gasteiger partial charge on any atom is 0.389 e. The van der Waals surface area contributed by atoms with Crippen LogP contribution in [0.3, 0.4) is 0 Å². The summed E-state index contributed by atoms with van der Waals surface area (Å²) < 4.78 is 16.4. The maximum atomic E-state index is 11.7. The molecular formula is C7H19ClN3O2P. The lowest BCUT2D eigenvalue weighted by Crippen LogP contribution is -2.50. The van der Waals surface area contributed by atoms with E-state index in [2.05, 4.69) is 10.9 Å². The highest BCUT2D eigenvalue weighted by Crippen LogP contribution is 2.53. The number of hydrogen-bond acceptors (Lipinski definition) is 4. The quantitative estimate of drug-likeness (QED) is 0.553. The summed E-state index contributed by atoms with van der Waals surface area (Å²) in [4.78, 5) is 1.24. The summed E-state index contributed by atoms with van der Waals surface area (Å²) in [5.74, 6) is 0. The van der Waals surface area contributed by atoms with Crippen molar-refractivity contribution < 1.29 is 9.09 Å². The van der Waals surface area contributed by atoms with Gasteiger partial charge in [-0.05, 0) is 38.9 Å². The lowest BCUT2D eigenvalue weighted by molar-refractivity contribution is 0.167. The molecule has 0 aromatic carbocycles. The van der Waals surface area contributed by atoms with Gasteiger partial charge in [0.05, 0.1) is 0 Å². The summed E-state index contributed by atoms with van der Waals surface area (Å²) in [6, 6.07) is 0.229. The van der Waals surface area contributed by atoms with E-state index in [0.29, 0.717) is 0 Å². The number of hydrazine groups is 2. The summed E-state index contributed by atoms with van der Waals surface area (Å²) >= 11 is 5.71. The molecule has 0 aromatic rings. The third kappa shape index (κ3) is 5.29. The first kappa shape index (κ1) is 14.4. The van der Waals surface area contributed by atoms with Crippen LogP contribution < -0.4 is 10.9 Å². The van der Waals surface area contributed by atoms with Crippen LogP contribution in [0.2, 0.25) is 0 Å². The molecule has 0 saturated heterocycles. The van der Waals surface area contributed by atoms with Crippen LogP contribution in [0.5, 0.6) is 0 Å². The Morgan fingerprint density at radius 1 is 1.21 bits per heavy atom. The van der Waals surface area contributed by atoms with E-state index in [-0.39, 0.29) is 12.1 Å². The van der Waals surface area contributed by atoms with Crippen molar-refractivity contribution in [2.75, 3.05) is 7.11 Å². The third-order valence-corrected chi connectivity index (χ3v) is 3.25. The minimum atomic E-state index is -3.31. The van der Waals surface area contributed by atoms with Gasteiger partial charge in [-0.2, -0.15) is 0 Å². The van der Waals surface area contributed by atoms with Crippen LogP contribution in [0, 0.1) is 0 Å². The highest BCUT2D eigenvalue weighted by Gasteiger charge is 2.29. The standard InChI is InChI=1S/C7H19ClN3O2P/c1-6(2)9-11(10-7(3)4)14(8,12)13-5/h6-7,9-10H,1-5H3. The third-order valence-electron chi connectivity index (χ3n) is 1.23. The molecule has 0 bridgehead atoms.